The van der Waals surface area contributed by atoms with Gasteiger partial charge in [-0.3, -0.25) is 9.59 Å². The number of rotatable bonds is 6. The fourth-order valence-corrected chi connectivity index (χ4v) is 9.26. The molecule has 11 atom stereocenters. The van der Waals surface area contributed by atoms with Gasteiger partial charge in [0.25, 0.3) is 5.91 Å². The van der Waals surface area contributed by atoms with Crippen molar-refractivity contribution in [1.82, 2.24) is 5.32 Å². The third-order valence-corrected chi connectivity index (χ3v) is 12.5. The minimum atomic E-state index is -1.86. The number of hydrogen-bond donors (Lipinski definition) is 6. The molecule has 3 fully saturated rings. The Kier molecular flexibility index (Phi) is 14.0. The summed E-state index contributed by atoms with van der Waals surface area (Å²) in [6.45, 7) is 8.62. The van der Waals surface area contributed by atoms with Crippen molar-refractivity contribution in [3.63, 3.8) is 0 Å². The second-order valence-electron chi connectivity index (χ2n) is 15.7. The zero-order valence-electron chi connectivity index (χ0n) is 30.4. The van der Waals surface area contributed by atoms with Crippen molar-refractivity contribution < 1.29 is 138 Å². The number of fused-ring (bicyclic) bond motifs is 5. The second-order valence-corrected chi connectivity index (χ2v) is 15.7. The normalized spacial score (nSPS) is 36.2. The average Bonchev–Trinajstić information content (AvgIpc) is 3.08. The Morgan fingerprint density at radius 1 is 0.942 bits per heavy atom. The maximum absolute atomic E-state index is 14.5. The number of amides is 1. The van der Waals surface area contributed by atoms with E-state index in [-0.39, 0.29) is 132 Å². The first-order valence-electron chi connectivity index (χ1n) is 17.4. The Hall–Kier alpha value is -0.567. The zero-order chi connectivity index (χ0) is 36.4. The number of aliphatic hydroxyl groups excluding tert-OH is 3. The van der Waals surface area contributed by atoms with E-state index in [0.29, 0.717) is 16.7 Å². The molecule has 276 valence electrons. The SMILES string of the molecule is CC1=C2C(O)C(=O)C3(C)C(O)CC4OCC4(O)C3CC(C)CC(O)(CC1OC(=O)C(O)C(NC(=O)c1ccccc1)c1ccccc1)C2(C)C.[Ac].[Ac]. The van der Waals surface area contributed by atoms with Gasteiger partial charge in [-0.2, -0.15) is 0 Å². The van der Waals surface area contributed by atoms with Crippen molar-refractivity contribution in [3.8, 4) is 0 Å². The summed E-state index contributed by atoms with van der Waals surface area (Å²) in [5.74, 6) is -3.28. The van der Waals surface area contributed by atoms with Gasteiger partial charge in [0.1, 0.15) is 17.8 Å². The number of carbonyl (C=O) groups excluding carboxylic acids is 3. The van der Waals surface area contributed by atoms with E-state index in [1.807, 2.05) is 6.92 Å². The molecule has 11 nitrogen and oxygen atoms in total. The molecule has 0 spiro atoms. The molecule has 2 aromatic carbocycles. The van der Waals surface area contributed by atoms with Crippen LogP contribution in [0.25, 0.3) is 0 Å². The van der Waals surface area contributed by atoms with Gasteiger partial charge in [-0.05, 0) is 61.4 Å². The first-order chi connectivity index (χ1) is 23.5. The standard InChI is InChI=1S/C39H49NO10.2Ac/c1-21-16-26-37(5,27(41)17-28-39(26,48)20-49-28)33(44)31(42)29-22(2)25(19-38(47,18-21)36(29,3)4)50-35(46)32(43)30(23-12-8-6-9-13-23)40-34(45)24-14-10-7-11-15-24;;/h6-15,21,25-28,30-32,41-43,47-48H,16-20H2,1-5H3,(H,40,45);;. The van der Waals surface area contributed by atoms with E-state index in [1.54, 1.807) is 88.4 Å². The molecule has 3 aliphatic carbocycles. The minimum absolute atomic E-state index is 0. The number of benzene rings is 2. The Balaban J connectivity index is 0.00000302. The molecule has 6 rings (SSSR count). The van der Waals surface area contributed by atoms with E-state index in [9.17, 15) is 39.9 Å². The maximum Gasteiger partial charge on any atom is 0.338 e. The van der Waals surface area contributed by atoms with Crippen LogP contribution in [-0.2, 0) is 19.1 Å². The molecule has 2 radical (unpaired) electrons. The Bertz CT molecular complexity index is 1670. The van der Waals surface area contributed by atoms with Gasteiger partial charge >= 0.3 is 5.97 Å². The molecule has 11 unspecified atom stereocenters. The fourth-order valence-electron chi connectivity index (χ4n) is 9.26. The molecule has 1 aliphatic heterocycles. The number of ether oxygens (including phenoxy) is 2. The Morgan fingerprint density at radius 3 is 2.12 bits per heavy atom. The van der Waals surface area contributed by atoms with Crippen LogP contribution in [0.1, 0.15) is 82.3 Å². The summed E-state index contributed by atoms with van der Waals surface area (Å²) in [7, 11) is 0. The molecule has 4 aliphatic rings. The second kappa shape index (κ2) is 16.5. The third kappa shape index (κ3) is 7.49. The number of aliphatic hydroxyl groups is 5. The Morgan fingerprint density at radius 2 is 1.54 bits per heavy atom. The van der Waals surface area contributed by atoms with Crippen LogP contribution in [-0.4, -0.2) is 91.5 Å². The molecule has 0 aromatic heterocycles. The fraction of sp³-hybridized carbons (Fsp3) is 0.564. The van der Waals surface area contributed by atoms with E-state index in [0.717, 1.165) is 0 Å². The van der Waals surface area contributed by atoms with Crippen LogP contribution < -0.4 is 5.32 Å². The molecule has 2 aromatic rings. The number of carbonyl (C=O) groups is 3. The summed E-state index contributed by atoms with van der Waals surface area (Å²) in [5, 5.41) is 61.9. The van der Waals surface area contributed by atoms with Crippen LogP contribution in [0.2, 0.25) is 0 Å². The van der Waals surface area contributed by atoms with Crippen LogP contribution >= 0.6 is 0 Å². The first kappa shape index (κ1) is 44.2. The van der Waals surface area contributed by atoms with E-state index in [2.05, 4.69) is 5.32 Å². The van der Waals surface area contributed by atoms with Crippen molar-refractivity contribution >= 4 is 17.7 Å². The van der Waals surface area contributed by atoms with Crippen molar-refractivity contribution in [2.45, 2.75) is 108 Å². The van der Waals surface area contributed by atoms with Gasteiger partial charge in [-0.1, -0.05) is 69.3 Å². The Labute approximate surface area is 376 Å². The van der Waals surface area contributed by atoms with E-state index in [4.69, 9.17) is 9.47 Å². The predicted molar refractivity (Wildman–Crippen MR) is 181 cm³/mol. The third-order valence-electron chi connectivity index (χ3n) is 12.5. The predicted octanol–water partition coefficient (Wildman–Crippen LogP) is 2.78. The molecule has 6 N–H and O–H groups in total. The van der Waals surface area contributed by atoms with E-state index >= 15 is 0 Å². The number of hydrogen-bond acceptors (Lipinski definition) is 10. The number of esters is 1. The van der Waals surface area contributed by atoms with Gasteiger partial charge in [0.15, 0.2) is 11.9 Å². The molecule has 1 amide bonds. The molecule has 1 heterocycles. The smallest absolute Gasteiger partial charge is 0.338 e. The van der Waals surface area contributed by atoms with Crippen LogP contribution in [0, 0.1) is 111 Å². The topological polar surface area (TPSA) is 183 Å². The number of nitrogens with one attached hydrogen (secondary N) is 1. The summed E-state index contributed by atoms with van der Waals surface area (Å²) in [4.78, 5) is 41.5. The van der Waals surface area contributed by atoms with Crippen molar-refractivity contribution in [2.24, 2.45) is 22.7 Å². The number of Topliss-reactive ketones (excluding diaryl/α,β-unsaturated/α-hetero) is 1. The monoisotopic (exact) mass is 1150 g/mol. The first-order valence-corrected chi connectivity index (χ1v) is 17.4. The molecule has 2 saturated carbocycles. The van der Waals surface area contributed by atoms with Crippen LogP contribution in [0.5, 0.6) is 0 Å². The molecule has 2 bridgehead atoms. The van der Waals surface area contributed by atoms with Gasteiger partial charge in [0, 0.05) is 118 Å². The average molecular weight is 1150 g/mol. The summed E-state index contributed by atoms with van der Waals surface area (Å²) in [6.07, 6.45) is -6.28. The summed E-state index contributed by atoms with van der Waals surface area (Å²) < 4.78 is 11.6. The largest absolute Gasteiger partial charge is 0.456 e. The summed E-state index contributed by atoms with van der Waals surface area (Å²) >= 11 is 0. The zero-order valence-corrected chi connectivity index (χ0v) is 39.9. The molecular weight excluding hydrogens is 1100 g/mol. The van der Waals surface area contributed by atoms with Gasteiger partial charge in [-0.15, -0.1) is 0 Å². The maximum atomic E-state index is 14.5. The van der Waals surface area contributed by atoms with Crippen molar-refractivity contribution in [2.75, 3.05) is 6.61 Å². The van der Waals surface area contributed by atoms with Gasteiger partial charge in [0.05, 0.1) is 35.9 Å². The van der Waals surface area contributed by atoms with Crippen LogP contribution in [0.15, 0.2) is 71.8 Å². The van der Waals surface area contributed by atoms with Crippen molar-refractivity contribution in [3.05, 3.63) is 82.9 Å². The van der Waals surface area contributed by atoms with Gasteiger partial charge < -0.3 is 40.3 Å². The van der Waals surface area contributed by atoms with Gasteiger partial charge in [0.2, 0.25) is 0 Å². The van der Waals surface area contributed by atoms with E-state index < -0.39 is 82.2 Å². The van der Waals surface area contributed by atoms with E-state index in [1.165, 1.54) is 0 Å². The molecule has 1 saturated heterocycles. The molecular formula is C39H49Ac2NO10. The minimum Gasteiger partial charge on any atom is -0.456 e. The quantitative estimate of drug-likeness (QED) is 0.186. The van der Waals surface area contributed by atoms with Crippen LogP contribution in [0.3, 0.4) is 0 Å². The number of ketones is 1. The van der Waals surface area contributed by atoms with Crippen molar-refractivity contribution in [1.29, 1.82) is 0 Å². The van der Waals surface area contributed by atoms with Gasteiger partial charge in [-0.25, -0.2) is 4.79 Å². The summed E-state index contributed by atoms with van der Waals surface area (Å²) in [6, 6.07) is 15.7. The van der Waals surface area contributed by atoms with Crippen LogP contribution in [0.4, 0.5) is 0 Å². The molecule has 13 heteroatoms. The molecule has 52 heavy (non-hydrogen) atoms. The summed E-state index contributed by atoms with van der Waals surface area (Å²) in [5.41, 5.74) is -4.39.